The third-order valence-electron chi connectivity index (χ3n) is 11.6. The number of hydrogen-bond donors (Lipinski definition) is 0. The molecule has 0 amide bonds. The first kappa shape index (κ1) is 33.9. The lowest BCUT2D eigenvalue weighted by molar-refractivity contribution is 0.363. The Kier molecular flexibility index (Phi) is 8.00. The van der Waals surface area contributed by atoms with Gasteiger partial charge in [-0.1, -0.05) is 140 Å². The second-order valence-corrected chi connectivity index (χ2v) is 15.2. The molecule has 0 bridgehead atoms. The molecule has 0 spiro atoms. The van der Waals surface area contributed by atoms with E-state index in [9.17, 15) is 0 Å². The first-order valence-electron chi connectivity index (χ1n) is 19.8. The zero-order valence-electron chi connectivity index (χ0n) is 31.8. The van der Waals surface area contributed by atoms with Gasteiger partial charge in [-0.2, -0.15) is 0 Å². The Morgan fingerprint density at radius 3 is 1.74 bits per heavy atom. The predicted molar refractivity (Wildman–Crippen MR) is 237 cm³/mol. The van der Waals surface area contributed by atoms with E-state index in [-0.39, 0.29) is 5.92 Å². The number of rotatable bonds is 6. The number of alkyl halides is 1. The maximum atomic E-state index is 15.4. The minimum atomic E-state index is -1.05. The van der Waals surface area contributed by atoms with Gasteiger partial charge in [-0.25, -0.2) is 14.4 Å². The summed E-state index contributed by atoms with van der Waals surface area (Å²) in [6, 6.07) is 63.5. The summed E-state index contributed by atoms with van der Waals surface area (Å²) in [6.07, 6.45) is 2.84. The molecule has 0 N–H and O–H groups in total. The number of nitrogens with zero attached hydrogens (tertiary/aromatic N) is 4. The van der Waals surface area contributed by atoms with Gasteiger partial charge in [0.1, 0.15) is 6.17 Å². The minimum absolute atomic E-state index is 0.243. The van der Waals surface area contributed by atoms with Crippen LogP contribution in [0.2, 0.25) is 0 Å². The van der Waals surface area contributed by atoms with Crippen LogP contribution in [0.25, 0.3) is 101 Å². The maximum Gasteiger partial charge on any atom is 0.160 e. The Labute approximate surface area is 335 Å². The monoisotopic (exact) mass is 748 g/mol. The third kappa shape index (κ3) is 5.66. The fraction of sp³-hybridized carbons (Fsp3) is 0.0566. The van der Waals surface area contributed by atoms with Gasteiger partial charge in [-0.15, -0.1) is 0 Å². The molecule has 7 aromatic carbocycles. The smallest absolute Gasteiger partial charge is 0.160 e. The molecular formula is C53H37FN4. The van der Waals surface area contributed by atoms with Crippen molar-refractivity contribution >= 4 is 44.9 Å². The van der Waals surface area contributed by atoms with Gasteiger partial charge in [-0.05, 0) is 71.8 Å². The molecule has 0 saturated heterocycles. The Morgan fingerprint density at radius 2 is 1.00 bits per heavy atom. The fourth-order valence-electron chi connectivity index (χ4n) is 8.64. The van der Waals surface area contributed by atoms with Gasteiger partial charge in [0, 0.05) is 55.4 Å². The quantitative estimate of drug-likeness (QED) is 0.170. The number of halogens is 1. The Morgan fingerprint density at radius 1 is 0.431 bits per heavy atom. The second-order valence-electron chi connectivity index (χ2n) is 15.2. The molecule has 5 heteroatoms. The largest absolute Gasteiger partial charge is 0.310 e. The van der Waals surface area contributed by atoms with Crippen molar-refractivity contribution in [2.24, 2.45) is 5.92 Å². The molecule has 1 aliphatic rings. The molecule has 3 aromatic heterocycles. The average Bonchev–Trinajstić information content (AvgIpc) is 3.78. The molecule has 4 nitrogen and oxygen atoms in total. The summed E-state index contributed by atoms with van der Waals surface area (Å²) in [6.45, 7) is 1.95. The van der Waals surface area contributed by atoms with E-state index >= 15 is 4.39 Å². The van der Waals surface area contributed by atoms with E-state index < -0.39 is 6.17 Å². The van der Waals surface area contributed by atoms with Crippen LogP contribution in [0.5, 0.6) is 0 Å². The fourth-order valence-corrected chi connectivity index (χ4v) is 8.64. The van der Waals surface area contributed by atoms with E-state index in [1.807, 2.05) is 55.5 Å². The van der Waals surface area contributed by atoms with Gasteiger partial charge in [0.25, 0.3) is 0 Å². The Balaban J connectivity index is 1.05. The molecule has 10 aromatic rings. The lowest BCUT2D eigenvalue weighted by Gasteiger charge is -2.14. The number of fused-ring (bicyclic) bond motifs is 6. The van der Waals surface area contributed by atoms with E-state index in [4.69, 9.17) is 9.97 Å². The molecule has 0 aliphatic heterocycles. The van der Waals surface area contributed by atoms with Gasteiger partial charge in [-0.3, -0.25) is 0 Å². The zero-order valence-corrected chi connectivity index (χ0v) is 31.8. The summed E-state index contributed by atoms with van der Waals surface area (Å²) >= 11 is 0. The van der Waals surface area contributed by atoms with Crippen LogP contribution in [-0.4, -0.2) is 25.3 Å². The van der Waals surface area contributed by atoms with Gasteiger partial charge in [0.2, 0.25) is 0 Å². The lowest BCUT2D eigenvalue weighted by atomic mass is 9.98. The van der Waals surface area contributed by atoms with Crippen molar-refractivity contribution in [3.8, 4) is 56.4 Å². The Bertz CT molecular complexity index is 3240. The van der Waals surface area contributed by atoms with Crippen molar-refractivity contribution in [3.05, 3.63) is 193 Å². The highest BCUT2D eigenvalue weighted by molar-refractivity contribution is 6.10. The van der Waals surface area contributed by atoms with E-state index in [0.29, 0.717) is 5.82 Å². The summed E-state index contributed by atoms with van der Waals surface area (Å²) in [4.78, 5) is 10.0. The van der Waals surface area contributed by atoms with E-state index in [1.165, 1.54) is 21.8 Å². The summed E-state index contributed by atoms with van der Waals surface area (Å²) in [5.41, 5.74) is 12.5. The van der Waals surface area contributed by atoms with Crippen molar-refractivity contribution < 1.29 is 4.39 Å². The minimum Gasteiger partial charge on any atom is -0.310 e. The first-order valence-corrected chi connectivity index (χ1v) is 19.8. The lowest BCUT2D eigenvalue weighted by Crippen LogP contribution is -2.35. The molecule has 58 heavy (non-hydrogen) atoms. The molecular weight excluding hydrogens is 712 g/mol. The van der Waals surface area contributed by atoms with Crippen LogP contribution in [0.4, 0.5) is 4.39 Å². The summed E-state index contributed by atoms with van der Waals surface area (Å²) in [5.74, 6) is 0.439. The van der Waals surface area contributed by atoms with Gasteiger partial charge in [0.15, 0.2) is 5.82 Å². The molecule has 2 unspecified atom stereocenters. The van der Waals surface area contributed by atoms with E-state index in [0.717, 1.165) is 72.1 Å². The van der Waals surface area contributed by atoms with Gasteiger partial charge < -0.3 is 9.13 Å². The normalized spacial score (nSPS) is 15.0. The summed E-state index contributed by atoms with van der Waals surface area (Å²) < 4.78 is 20.0. The summed E-state index contributed by atoms with van der Waals surface area (Å²) in [5, 5.41) is 5.40. The van der Waals surface area contributed by atoms with Gasteiger partial charge >= 0.3 is 0 Å². The van der Waals surface area contributed by atoms with Crippen LogP contribution in [0.15, 0.2) is 182 Å². The van der Waals surface area contributed by atoms with E-state index in [1.54, 1.807) is 6.08 Å². The standard InChI is InChI=1S/C53H37FN4/c1-34-29-51-45(32-46(34)54)43-27-23-39(38-24-28-50-44(30-38)42-19-11-12-20-49(42)57(50)40-17-9-4-10-18-40)31-52(43)58(51)41-25-21-36(22-26-41)48-33-47(35-13-5-2-6-14-35)55-53(56-48)37-15-7-3-8-16-37/h2-34,46H,1H3. The maximum absolute atomic E-state index is 15.4. The average molecular weight is 749 g/mol. The van der Waals surface area contributed by atoms with E-state index in [2.05, 4.69) is 149 Å². The molecule has 276 valence electrons. The van der Waals surface area contributed by atoms with Crippen molar-refractivity contribution in [3.63, 3.8) is 0 Å². The molecule has 11 rings (SSSR count). The van der Waals surface area contributed by atoms with Crippen molar-refractivity contribution in [2.75, 3.05) is 0 Å². The van der Waals surface area contributed by atoms with Crippen LogP contribution < -0.4 is 10.6 Å². The second kappa shape index (κ2) is 13.7. The molecule has 2 atom stereocenters. The van der Waals surface area contributed by atoms with Crippen molar-refractivity contribution in [2.45, 2.75) is 13.1 Å². The molecule has 0 saturated carbocycles. The predicted octanol–water partition coefficient (Wildman–Crippen LogP) is 11.7. The highest BCUT2D eigenvalue weighted by Gasteiger charge is 2.21. The number of hydrogen-bond acceptors (Lipinski definition) is 2. The molecule has 0 fully saturated rings. The topological polar surface area (TPSA) is 35.6 Å². The summed E-state index contributed by atoms with van der Waals surface area (Å²) in [7, 11) is 0. The third-order valence-corrected chi connectivity index (χ3v) is 11.6. The van der Waals surface area contributed by atoms with Crippen molar-refractivity contribution in [1.82, 2.24) is 19.1 Å². The SMILES string of the molecule is CC1C=c2c(c3ccc(-c4ccc5c(c4)c4ccccc4n5-c4ccccc4)cc3n2-c2ccc(-c3cc(-c4ccccc4)nc(-c4ccccc4)n3)cc2)=CC1F. The van der Waals surface area contributed by atoms with Crippen molar-refractivity contribution in [1.29, 1.82) is 0 Å². The zero-order chi connectivity index (χ0) is 38.7. The number of para-hydroxylation sites is 2. The van der Waals surface area contributed by atoms with Crippen LogP contribution in [0, 0.1) is 5.92 Å². The van der Waals surface area contributed by atoms with Crippen LogP contribution >= 0.6 is 0 Å². The van der Waals surface area contributed by atoms with Crippen LogP contribution in [0.1, 0.15) is 6.92 Å². The highest BCUT2D eigenvalue weighted by atomic mass is 19.1. The Hall–Kier alpha value is -7.37. The molecule has 0 radical (unpaired) electrons. The van der Waals surface area contributed by atoms with Gasteiger partial charge in [0.05, 0.1) is 33.3 Å². The van der Waals surface area contributed by atoms with Crippen LogP contribution in [0.3, 0.4) is 0 Å². The van der Waals surface area contributed by atoms with Crippen LogP contribution in [-0.2, 0) is 0 Å². The highest BCUT2D eigenvalue weighted by Crippen LogP contribution is 2.36. The first-order chi connectivity index (χ1) is 28.6. The number of benzene rings is 7. The molecule has 1 aliphatic carbocycles. The molecule has 3 heterocycles. The number of aromatic nitrogens is 4.